The molecular formula is C14H21BrClFN2. The monoisotopic (exact) mass is 350 g/mol. The molecule has 1 heterocycles. The Balaban J connectivity index is 0.00000180. The third kappa shape index (κ3) is 5.38. The van der Waals surface area contributed by atoms with Crippen molar-refractivity contribution in [1.29, 1.82) is 0 Å². The van der Waals surface area contributed by atoms with E-state index in [-0.39, 0.29) is 18.2 Å². The zero-order chi connectivity index (χ0) is 13.0. The first-order valence-electron chi connectivity index (χ1n) is 6.48. The summed E-state index contributed by atoms with van der Waals surface area (Å²) in [6.07, 6.45) is 2.50. The quantitative estimate of drug-likeness (QED) is 0.894. The molecule has 0 atom stereocenters. The van der Waals surface area contributed by atoms with E-state index in [4.69, 9.17) is 0 Å². The lowest BCUT2D eigenvalue weighted by Crippen LogP contribution is -2.34. The van der Waals surface area contributed by atoms with E-state index in [9.17, 15) is 4.39 Å². The highest BCUT2D eigenvalue weighted by Crippen LogP contribution is 2.18. The van der Waals surface area contributed by atoms with Gasteiger partial charge in [0.05, 0.1) is 4.47 Å². The Morgan fingerprint density at radius 2 is 2.05 bits per heavy atom. The van der Waals surface area contributed by atoms with Crippen LogP contribution in [0.5, 0.6) is 0 Å². The van der Waals surface area contributed by atoms with Gasteiger partial charge in [0, 0.05) is 13.1 Å². The first-order valence-corrected chi connectivity index (χ1v) is 7.27. The summed E-state index contributed by atoms with van der Waals surface area (Å²) in [6, 6.07) is 5.37. The first kappa shape index (κ1) is 16.9. The Morgan fingerprint density at radius 3 is 2.68 bits per heavy atom. The van der Waals surface area contributed by atoms with Gasteiger partial charge in [0.25, 0.3) is 0 Å². The molecule has 0 bridgehead atoms. The van der Waals surface area contributed by atoms with E-state index in [1.54, 1.807) is 12.1 Å². The largest absolute Gasteiger partial charge is 0.317 e. The van der Waals surface area contributed by atoms with E-state index in [0.29, 0.717) is 4.47 Å². The molecule has 1 fully saturated rings. The Morgan fingerprint density at radius 1 is 1.37 bits per heavy atom. The number of piperidine rings is 1. The number of hydrogen-bond acceptors (Lipinski definition) is 2. The highest BCUT2D eigenvalue weighted by Gasteiger charge is 2.15. The zero-order valence-electron chi connectivity index (χ0n) is 11.2. The molecule has 1 aliphatic rings. The van der Waals surface area contributed by atoms with Crippen LogP contribution >= 0.6 is 28.3 Å². The van der Waals surface area contributed by atoms with Gasteiger partial charge in [-0.15, -0.1) is 12.4 Å². The van der Waals surface area contributed by atoms with E-state index < -0.39 is 0 Å². The summed E-state index contributed by atoms with van der Waals surface area (Å²) in [7, 11) is 2.11. The fourth-order valence-corrected chi connectivity index (χ4v) is 2.77. The van der Waals surface area contributed by atoms with Crippen LogP contribution in [0, 0.1) is 11.7 Å². The molecule has 0 unspecified atom stereocenters. The number of rotatable bonds is 4. The predicted molar refractivity (Wildman–Crippen MR) is 83.3 cm³/mol. The fraction of sp³-hybridized carbons (Fsp3) is 0.571. The SMILES string of the molecule is CN(Cc1ccc(Br)c(F)c1)CC1CCNCC1.Cl. The summed E-state index contributed by atoms with van der Waals surface area (Å²) in [5, 5.41) is 3.38. The van der Waals surface area contributed by atoms with Crippen molar-refractivity contribution < 1.29 is 4.39 Å². The number of halogens is 3. The Labute approximate surface area is 129 Å². The molecule has 1 aromatic rings. The highest BCUT2D eigenvalue weighted by atomic mass is 79.9. The summed E-state index contributed by atoms with van der Waals surface area (Å²) in [5.74, 6) is 0.597. The Bertz CT molecular complexity index is 397. The van der Waals surface area contributed by atoms with Crippen molar-refractivity contribution in [3.8, 4) is 0 Å². The molecule has 0 aliphatic carbocycles. The molecule has 1 aliphatic heterocycles. The normalized spacial score (nSPS) is 16.4. The minimum atomic E-state index is -0.178. The van der Waals surface area contributed by atoms with Crippen molar-refractivity contribution >= 4 is 28.3 Å². The van der Waals surface area contributed by atoms with Gasteiger partial charge in [-0.25, -0.2) is 4.39 Å². The molecule has 0 radical (unpaired) electrons. The molecule has 0 saturated carbocycles. The second-order valence-corrected chi connectivity index (χ2v) is 5.99. The van der Waals surface area contributed by atoms with E-state index in [1.165, 1.54) is 12.8 Å². The molecule has 0 spiro atoms. The van der Waals surface area contributed by atoms with Crippen LogP contribution in [0.25, 0.3) is 0 Å². The highest BCUT2D eigenvalue weighted by molar-refractivity contribution is 9.10. The van der Waals surface area contributed by atoms with Gasteiger partial charge in [0.1, 0.15) is 5.82 Å². The maximum absolute atomic E-state index is 13.4. The van der Waals surface area contributed by atoms with Crippen LogP contribution in [0.2, 0.25) is 0 Å². The molecule has 108 valence electrons. The fourth-order valence-electron chi connectivity index (χ4n) is 2.52. The predicted octanol–water partition coefficient (Wildman–Crippen LogP) is 3.44. The van der Waals surface area contributed by atoms with Crippen molar-refractivity contribution in [2.75, 3.05) is 26.7 Å². The second-order valence-electron chi connectivity index (χ2n) is 5.14. The van der Waals surface area contributed by atoms with Gasteiger partial charge in [-0.1, -0.05) is 6.07 Å². The van der Waals surface area contributed by atoms with E-state index in [0.717, 1.165) is 37.7 Å². The van der Waals surface area contributed by atoms with E-state index in [2.05, 4.69) is 33.2 Å². The lowest BCUT2D eigenvalue weighted by molar-refractivity contribution is 0.234. The van der Waals surface area contributed by atoms with Crippen LogP contribution in [0.1, 0.15) is 18.4 Å². The number of benzene rings is 1. The molecule has 0 aromatic heterocycles. The van der Waals surface area contributed by atoms with E-state index in [1.807, 2.05) is 6.07 Å². The van der Waals surface area contributed by atoms with Crippen molar-refractivity contribution in [1.82, 2.24) is 10.2 Å². The van der Waals surface area contributed by atoms with Crippen LogP contribution < -0.4 is 5.32 Å². The third-order valence-corrected chi connectivity index (χ3v) is 4.11. The van der Waals surface area contributed by atoms with Gasteiger partial charge in [-0.05, 0) is 72.5 Å². The lowest BCUT2D eigenvalue weighted by Gasteiger charge is -2.27. The van der Waals surface area contributed by atoms with Crippen LogP contribution in [-0.2, 0) is 6.54 Å². The van der Waals surface area contributed by atoms with Crippen molar-refractivity contribution in [2.24, 2.45) is 5.92 Å². The molecule has 5 heteroatoms. The lowest BCUT2D eigenvalue weighted by atomic mass is 9.97. The minimum Gasteiger partial charge on any atom is -0.317 e. The summed E-state index contributed by atoms with van der Waals surface area (Å²) < 4.78 is 13.9. The minimum absolute atomic E-state index is 0. The smallest absolute Gasteiger partial charge is 0.137 e. The Kier molecular flexibility index (Phi) is 7.29. The molecular weight excluding hydrogens is 331 g/mol. The summed E-state index contributed by atoms with van der Waals surface area (Å²) >= 11 is 3.18. The van der Waals surface area contributed by atoms with Crippen LogP contribution in [0.15, 0.2) is 22.7 Å². The number of hydrogen-bond donors (Lipinski definition) is 1. The maximum Gasteiger partial charge on any atom is 0.137 e. The van der Waals surface area contributed by atoms with Crippen LogP contribution in [-0.4, -0.2) is 31.6 Å². The molecule has 1 aromatic carbocycles. The molecule has 2 nitrogen and oxygen atoms in total. The average molecular weight is 352 g/mol. The molecule has 1 N–H and O–H groups in total. The molecule has 19 heavy (non-hydrogen) atoms. The van der Waals surface area contributed by atoms with Crippen molar-refractivity contribution in [3.63, 3.8) is 0 Å². The number of nitrogens with one attached hydrogen (secondary N) is 1. The average Bonchev–Trinajstić information content (AvgIpc) is 2.35. The van der Waals surface area contributed by atoms with Gasteiger partial charge < -0.3 is 10.2 Å². The Hall–Kier alpha value is -0.160. The van der Waals surface area contributed by atoms with Crippen molar-refractivity contribution in [3.05, 3.63) is 34.1 Å². The van der Waals surface area contributed by atoms with Crippen LogP contribution in [0.3, 0.4) is 0 Å². The number of nitrogens with zero attached hydrogens (tertiary/aromatic N) is 1. The first-order chi connectivity index (χ1) is 8.65. The van der Waals surface area contributed by atoms with Gasteiger partial charge in [0.2, 0.25) is 0 Å². The van der Waals surface area contributed by atoms with E-state index >= 15 is 0 Å². The molecule has 0 amide bonds. The molecule has 1 saturated heterocycles. The standard InChI is InChI=1S/C14H20BrFN2.ClH/c1-18(9-11-4-6-17-7-5-11)10-12-2-3-13(15)14(16)8-12;/h2-3,8,11,17H,4-7,9-10H2,1H3;1H. The van der Waals surface area contributed by atoms with Gasteiger partial charge in [-0.2, -0.15) is 0 Å². The van der Waals surface area contributed by atoms with Gasteiger partial charge in [0.15, 0.2) is 0 Å². The maximum atomic E-state index is 13.4. The summed E-state index contributed by atoms with van der Waals surface area (Å²) in [4.78, 5) is 2.29. The topological polar surface area (TPSA) is 15.3 Å². The molecule has 2 rings (SSSR count). The van der Waals surface area contributed by atoms with Crippen molar-refractivity contribution in [2.45, 2.75) is 19.4 Å². The summed E-state index contributed by atoms with van der Waals surface area (Å²) in [5.41, 5.74) is 1.03. The van der Waals surface area contributed by atoms with Gasteiger partial charge >= 0.3 is 0 Å². The third-order valence-electron chi connectivity index (χ3n) is 3.47. The summed E-state index contributed by atoms with van der Waals surface area (Å²) in [6.45, 7) is 4.17. The second kappa shape index (κ2) is 8.20. The van der Waals surface area contributed by atoms with Gasteiger partial charge in [-0.3, -0.25) is 0 Å². The van der Waals surface area contributed by atoms with Crippen LogP contribution in [0.4, 0.5) is 4.39 Å². The zero-order valence-corrected chi connectivity index (χ0v) is 13.6.